The number of ether oxygens (including phenoxy) is 1. The van der Waals surface area contributed by atoms with Gasteiger partial charge in [-0.1, -0.05) is 56.5 Å². The summed E-state index contributed by atoms with van der Waals surface area (Å²) >= 11 is 0. The Labute approximate surface area is 118 Å². The summed E-state index contributed by atoms with van der Waals surface area (Å²) in [5.74, 6) is 0. The van der Waals surface area contributed by atoms with Crippen LogP contribution in [0, 0.1) is 6.92 Å². The molecule has 0 spiro atoms. The highest BCUT2D eigenvalue weighted by molar-refractivity contribution is 5.24. The molecule has 1 N–H and O–H groups in total. The normalized spacial score (nSPS) is 12.6. The molecule has 1 aromatic carbocycles. The number of nitrogens with one attached hydrogen (secondary N) is 1. The van der Waals surface area contributed by atoms with Gasteiger partial charge >= 0.3 is 0 Å². The predicted octanol–water partition coefficient (Wildman–Crippen LogP) is 4.24. The molecular weight excluding hydrogens is 234 g/mol. The van der Waals surface area contributed by atoms with E-state index in [1.165, 1.54) is 24.0 Å². The second-order valence-corrected chi connectivity index (χ2v) is 5.18. The molecule has 0 radical (unpaired) electrons. The van der Waals surface area contributed by atoms with Gasteiger partial charge < -0.3 is 10.1 Å². The first-order chi connectivity index (χ1) is 9.27. The SMILES string of the molecule is CCCCCOC(CNCCC)c1cccc(C)c1. The second-order valence-electron chi connectivity index (χ2n) is 5.18. The monoisotopic (exact) mass is 263 g/mol. The molecule has 0 bridgehead atoms. The number of rotatable bonds is 10. The van der Waals surface area contributed by atoms with Gasteiger partial charge in [-0.3, -0.25) is 0 Å². The summed E-state index contributed by atoms with van der Waals surface area (Å²) in [6, 6.07) is 8.66. The van der Waals surface area contributed by atoms with Gasteiger partial charge in [-0.2, -0.15) is 0 Å². The smallest absolute Gasteiger partial charge is 0.0949 e. The molecule has 1 atom stereocenters. The van der Waals surface area contributed by atoms with Crippen LogP contribution in [0.25, 0.3) is 0 Å². The quantitative estimate of drug-likeness (QED) is 0.637. The standard InChI is InChI=1S/C17H29NO/c1-4-6-7-12-19-17(14-18-11-5-2)16-10-8-9-15(3)13-16/h8-10,13,17-18H,4-7,11-12,14H2,1-3H3. The van der Waals surface area contributed by atoms with Crippen LogP contribution >= 0.6 is 0 Å². The van der Waals surface area contributed by atoms with E-state index in [-0.39, 0.29) is 6.10 Å². The Hall–Kier alpha value is -0.860. The molecular formula is C17H29NO. The first-order valence-corrected chi connectivity index (χ1v) is 7.66. The number of benzene rings is 1. The molecule has 0 aliphatic rings. The second kappa shape index (κ2) is 9.99. The van der Waals surface area contributed by atoms with E-state index >= 15 is 0 Å². The van der Waals surface area contributed by atoms with Crippen LogP contribution < -0.4 is 5.32 Å². The number of hydrogen-bond donors (Lipinski definition) is 1. The predicted molar refractivity (Wildman–Crippen MR) is 82.6 cm³/mol. The van der Waals surface area contributed by atoms with Crippen molar-refractivity contribution in [3.63, 3.8) is 0 Å². The molecule has 2 heteroatoms. The lowest BCUT2D eigenvalue weighted by atomic mass is 10.1. The lowest BCUT2D eigenvalue weighted by molar-refractivity contribution is 0.0501. The fraction of sp³-hybridized carbons (Fsp3) is 0.647. The third-order valence-corrected chi connectivity index (χ3v) is 3.24. The van der Waals surface area contributed by atoms with Crippen molar-refractivity contribution in [1.29, 1.82) is 0 Å². The van der Waals surface area contributed by atoms with Crippen LogP contribution in [0.4, 0.5) is 0 Å². The Morgan fingerprint density at radius 3 is 2.68 bits per heavy atom. The van der Waals surface area contributed by atoms with Gasteiger partial charge in [0.05, 0.1) is 6.10 Å². The summed E-state index contributed by atoms with van der Waals surface area (Å²) in [4.78, 5) is 0. The van der Waals surface area contributed by atoms with E-state index in [1.54, 1.807) is 0 Å². The maximum Gasteiger partial charge on any atom is 0.0949 e. The van der Waals surface area contributed by atoms with Crippen LogP contribution in [0.1, 0.15) is 56.8 Å². The van der Waals surface area contributed by atoms with E-state index in [0.717, 1.165) is 32.5 Å². The molecule has 0 aliphatic carbocycles. The van der Waals surface area contributed by atoms with E-state index in [4.69, 9.17) is 4.74 Å². The number of aryl methyl sites for hydroxylation is 1. The highest BCUT2D eigenvalue weighted by Crippen LogP contribution is 2.18. The van der Waals surface area contributed by atoms with Crippen molar-refractivity contribution in [1.82, 2.24) is 5.32 Å². The van der Waals surface area contributed by atoms with Gasteiger partial charge in [-0.25, -0.2) is 0 Å². The lowest BCUT2D eigenvalue weighted by Crippen LogP contribution is -2.24. The zero-order valence-corrected chi connectivity index (χ0v) is 12.7. The third kappa shape index (κ3) is 6.74. The molecule has 0 aliphatic heterocycles. The van der Waals surface area contributed by atoms with Crippen molar-refractivity contribution in [2.24, 2.45) is 0 Å². The molecule has 0 heterocycles. The molecule has 0 amide bonds. The van der Waals surface area contributed by atoms with E-state index in [9.17, 15) is 0 Å². The van der Waals surface area contributed by atoms with Crippen LogP contribution in [0.15, 0.2) is 24.3 Å². The maximum absolute atomic E-state index is 6.07. The molecule has 1 aromatic rings. The van der Waals surface area contributed by atoms with Gasteiger partial charge in [0.25, 0.3) is 0 Å². The van der Waals surface area contributed by atoms with E-state index in [2.05, 4.69) is 50.4 Å². The summed E-state index contributed by atoms with van der Waals surface area (Å²) in [6.07, 6.45) is 5.00. The summed E-state index contributed by atoms with van der Waals surface area (Å²) in [7, 11) is 0. The minimum atomic E-state index is 0.184. The first-order valence-electron chi connectivity index (χ1n) is 7.66. The molecule has 1 rings (SSSR count). The fourth-order valence-corrected chi connectivity index (χ4v) is 2.13. The number of hydrogen-bond acceptors (Lipinski definition) is 2. The Morgan fingerprint density at radius 1 is 1.16 bits per heavy atom. The Balaban J connectivity index is 2.52. The van der Waals surface area contributed by atoms with E-state index < -0.39 is 0 Å². The molecule has 0 saturated carbocycles. The van der Waals surface area contributed by atoms with Gasteiger partial charge in [-0.15, -0.1) is 0 Å². The summed E-state index contributed by atoms with van der Waals surface area (Å²) in [6.45, 7) is 9.37. The molecule has 2 nitrogen and oxygen atoms in total. The molecule has 0 fully saturated rings. The summed E-state index contributed by atoms with van der Waals surface area (Å²) in [5.41, 5.74) is 2.59. The largest absolute Gasteiger partial charge is 0.372 e. The van der Waals surface area contributed by atoms with E-state index in [1.807, 2.05) is 0 Å². The summed E-state index contributed by atoms with van der Waals surface area (Å²) in [5, 5.41) is 3.47. The van der Waals surface area contributed by atoms with Gasteiger partial charge in [-0.05, 0) is 31.9 Å². The zero-order chi connectivity index (χ0) is 13.9. The van der Waals surface area contributed by atoms with Crippen LogP contribution in [-0.4, -0.2) is 19.7 Å². The van der Waals surface area contributed by atoms with Crippen molar-refractivity contribution >= 4 is 0 Å². The van der Waals surface area contributed by atoms with Crippen molar-refractivity contribution in [3.8, 4) is 0 Å². The van der Waals surface area contributed by atoms with Crippen molar-refractivity contribution in [3.05, 3.63) is 35.4 Å². The molecule has 19 heavy (non-hydrogen) atoms. The summed E-state index contributed by atoms with van der Waals surface area (Å²) < 4.78 is 6.07. The van der Waals surface area contributed by atoms with Gasteiger partial charge in [0.15, 0.2) is 0 Å². The van der Waals surface area contributed by atoms with Gasteiger partial charge in [0.1, 0.15) is 0 Å². The highest BCUT2D eigenvalue weighted by Gasteiger charge is 2.11. The maximum atomic E-state index is 6.07. The highest BCUT2D eigenvalue weighted by atomic mass is 16.5. The molecule has 0 aromatic heterocycles. The van der Waals surface area contributed by atoms with Crippen LogP contribution in [0.2, 0.25) is 0 Å². The van der Waals surface area contributed by atoms with Gasteiger partial charge in [0.2, 0.25) is 0 Å². The fourth-order valence-electron chi connectivity index (χ4n) is 2.13. The Bertz CT molecular complexity index is 338. The topological polar surface area (TPSA) is 21.3 Å². The minimum absolute atomic E-state index is 0.184. The van der Waals surface area contributed by atoms with Crippen LogP contribution in [-0.2, 0) is 4.74 Å². The van der Waals surface area contributed by atoms with Crippen molar-refractivity contribution in [2.75, 3.05) is 19.7 Å². The Morgan fingerprint density at radius 2 is 2.00 bits per heavy atom. The average Bonchev–Trinajstić information content (AvgIpc) is 2.41. The molecule has 108 valence electrons. The number of unbranched alkanes of at least 4 members (excludes halogenated alkanes) is 2. The van der Waals surface area contributed by atoms with E-state index in [0.29, 0.717) is 0 Å². The lowest BCUT2D eigenvalue weighted by Gasteiger charge is -2.19. The van der Waals surface area contributed by atoms with Crippen molar-refractivity contribution in [2.45, 2.75) is 52.6 Å². The molecule has 0 saturated heterocycles. The average molecular weight is 263 g/mol. The van der Waals surface area contributed by atoms with Crippen LogP contribution in [0.3, 0.4) is 0 Å². The first kappa shape index (κ1) is 16.2. The minimum Gasteiger partial charge on any atom is -0.372 e. The molecule has 1 unspecified atom stereocenters. The Kier molecular flexibility index (Phi) is 8.52. The van der Waals surface area contributed by atoms with Crippen molar-refractivity contribution < 1.29 is 4.74 Å². The van der Waals surface area contributed by atoms with Crippen LogP contribution in [0.5, 0.6) is 0 Å². The zero-order valence-electron chi connectivity index (χ0n) is 12.7. The van der Waals surface area contributed by atoms with Gasteiger partial charge in [0, 0.05) is 13.2 Å². The third-order valence-electron chi connectivity index (χ3n) is 3.24.